The maximum Gasteiger partial charge on any atom is 0.368 e. The number of hydrogen-bond acceptors (Lipinski definition) is 4. The van der Waals surface area contributed by atoms with Crippen molar-refractivity contribution in [1.82, 2.24) is 0 Å². The molecular weight excluding hydrogens is 148 g/mol. The van der Waals surface area contributed by atoms with Gasteiger partial charge in [-0.05, 0) is 13.3 Å². The van der Waals surface area contributed by atoms with Gasteiger partial charge in [0.2, 0.25) is 0 Å². The van der Waals surface area contributed by atoms with E-state index in [1.54, 1.807) is 0 Å². The fourth-order valence-electron chi connectivity index (χ4n) is 0.290. The van der Waals surface area contributed by atoms with Gasteiger partial charge in [-0.15, -0.1) is 0 Å². The molecule has 0 aromatic heterocycles. The first-order valence-corrected chi connectivity index (χ1v) is 3.28. The number of aliphatic hydroxyl groups is 1. The first-order chi connectivity index (χ1) is 5.18. The van der Waals surface area contributed by atoms with E-state index in [2.05, 4.69) is 16.4 Å². The fraction of sp³-hybridized carbons (Fsp3) is 0.571. The summed E-state index contributed by atoms with van der Waals surface area (Å²) < 4.78 is 0. The van der Waals surface area contributed by atoms with Gasteiger partial charge in [-0.2, -0.15) is 4.89 Å². The van der Waals surface area contributed by atoms with Crippen LogP contribution in [0.3, 0.4) is 0 Å². The Bertz CT molecular complexity index is 141. The predicted octanol–water partition coefficient (Wildman–Crippen LogP) is 0.420. The average molecular weight is 160 g/mol. The first kappa shape index (κ1) is 10.1. The van der Waals surface area contributed by atoms with E-state index in [1.165, 1.54) is 6.92 Å². The number of aliphatic hydroxyl groups excluding tert-OH is 1. The maximum absolute atomic E-state index is 10.6. The smallest absolute Gasteiger partial charge is 0.368 e. The lowest BCUT2D eigenvalue weighted by Gasteiger charge is -2.00. The van der Waals surface area contributed by atoms with Gasteiger partial charge < -0.3 is 5.11 Å². The highest BCUT2D eigenvalue weighted by Gasteiger charge is 2.02. The minimum absolute atomic E-state index is 0.0185. The third-order valence-corrected chi connectivity index (χ3v) is 0.869. The third-order valence-electron chi connectivity index (χ3n) is 0.869. The summed E-state index contributed by atoms with van der Waals surface area (Å²) in [7, 11) is 0. The molecule has 0 unspecified atom stereocenters. The maximum atomic E-state index is 10.6. The van der Waals surface area contributed by atoms with Gasteiger partial charge in [0.15, 0.2) is 0 Å². The molecule has 0 aliphatic carbocycles. The van der Waals surface area contributed by atoms with Crippen molar-refractivity contribution in [3.8, 4) is 0 Å². The van der Waals surface area contributed by atoms with E-state index < -0.39 is 5.97 Å². The Morgan fingerprint density at radius 3 is 2.73 bits per heavy atom. The van der Waals surface area contributed by atoms with Gasteiger partial charge in [0.25, 0.3) is 0 Å². The van der Waals surface area contributed by atoms with E-state index in [0.29, 0.717) is 6.42 Å². The highest BCUT2D eigenvalue weighted by atomic mass is 17.2. The topological polar surface area (TPSA) is 55.8 Å². The normalized spacial score (nSPS) is 9.27. The van der Waals surface area contributed by atoms with Gasteiger partial charge in [-0.3, -0.25) is 4.89 Å². The molecule has 0 aliphatic heterocycles. The fourth-order valence-corrected chi connectivity index (χ4v) is 0.290. The third kappa shape index (κ3) is 5.57. The van der Waals surface area contributed by atoms with Gasteiger partial charge in [-0.1, -0.05) is 6.58 Å². The van der Waals surface area contributed by atoms with Crippen molar-refractivity contribution >= 4 is 5.97 Å². The van der Waals surface area contributed by atoms with Crippen LogP contribution in [0.5, 0.6) is 0 Å². The summed E-state index contributed by atoms with van der Waals surface area (Å²) in [5, 5.41) is 8.30. The van der Waals surface area contributed by atoms with E-state index in [9.17, 15) is 4.79 Å². The monoisotopic (exact) mass is 160 g/mol. The SMILES string of the molecule is C=C(C)C(=O)OOCCCO. The summed E-state index contributed by atoms with van der Waals surface area (Å²) in [5.41, 5.74) is 0.286. The lowest BCUT2D eigenvalue weighted by atomic mass is 10.4. The van der Waals surface area contributed by atoms with Crippen LogP contribution in [0.15, 0.2) is 12.2 Å². The molecule has 0 rings (SSSR count). The highest BCUT2D eigenvalue weighted by Crippen LogP contribution is 1.92. The molecule has 0 spiro atoms. The summed E-state index contributed by atoms with van der Waals surface area (Å²) in [6.45, 7) is 5.10. The molecule has 0 bridgehead atoms. The van der Waals surface area contributed by atoms with Crippen LogP contribution in [-0.4, -0.2) is 24.3 Å². The molecule has 0 amide bonds. The molecular formula is C7H12O4. The molecule has 0 saturated heterocycles. The van der Waals surface area contributed by atoms with Crippen molar-refractivity contribution in [2.45, 2.75) is 13.3 Å². The van der Waals surface area contributed by atoms with Crippen LogP contribution in [0.25, 0.3) is 0 Å². The Balaban J connectivity index is 3.25. The Kier molecular flexibility index (Phi) is 5.42. The molecule has 0 aromatic rings. The largest absolute Gasteiger partial charge is 0.396 e. The second kappa shape index (κ2) is 5.88. The minimum atomic E-state index is -0.581. The first-order valence-electron chi connectivity index (χ1n) is 3.28. The quantitative estimate of drug-likeness (QED) is 0.274. The minimum Gasteiger partial charge on any atom is -0.396 e. The van der Waals surface area contributed by atoms with Crippen LogP contribution in [-0.2, 0) is 14.6 Å². The molecule has 4 heteroatoms. The number of rotatable bonds is 5. The van der Waals surface area contributed by atoms with Crippen LogP contribution >= 0.6 is 0 Å². The Morgan fingerprint density at radius 2 is 2.27 bits per heavy atom. The summed E-state index contributed by atoms with van der Waals surface area (Å²) in [4.78, 5) is 19.3. The van der Waals surface area contributed by atoms with Crippen LogP contribution in [0.2, 0.25) is 0 Å². The van der Waals surface area contributed by atoms with Gasteiger partial charge in [0.05, 0.1) is 6.61 Å². The van der Waals surface area contributed by atoms with E-state index in [0.717, 1.165) is 0 Å². The van der Waals surface area contributed by atoms with Crippen LogP contribution in [0.4, 0.5) is 0 Å². The van der Waals surface area contributed by atoms with Gasteiger partial charge in [0, 0.05) is 12.2 Å². The highest BCUT2D eigenvalue weighted by molar-refractivity contribution is 5.86. The van der Waals surface area contributed by atoms with Crippen molar-refractivity contribution in [2.24, 2.45) is 0 Å². The zero-order valence-corrected chi connectivity index (χ0v) is 6.50. The van der Waals surface area contributed by atoms with Crippen molar-refractivity contribution in [3.05, 3.63) is 12.2 Å². The summed E-state index contributed by atoms with van der Waals surface area (Å²) in [6.07, 6.45) is 0.448. The van der Waals surface area contributed by atoms with Crippen molar-refractivity contribution in [2.75, 3.05) is 13.2 Å². The Labute approximate surface area is 65.4 Å². The summed E-state index contributed by atoms with van der Waals surface area (Å²) in [5.74, 6) is -0.581. The lowest BCUT2D eigenvalue weighted by Crippen LogP contribution is -2.07. The molecule has 0 aromatic carbocycles. The zero-order valence-electron chi connectivity index (χ0n) is 6.50. The molecule has 0 radical (unpaired) electrons. The van der Waals surface area contributed by atoms with Crippen molar-refractivity contribution < 1.29 is 19.7 Å². The molecule has 1 N–H and O–H groups in total. The lowest BCUT2D eigenvalue weighted by molar-refractivity contribution is -0.269. The van der Waals surface area contributed by atoms with E-state index in [4.69, 9.17) is 5.11 Å². The van der Waals surface area contributed by atoms with Gasteiger partial charge in [-0.25, -0.2) is 4.79 Å². The summed E-state index contributed by atoms with van der Waals surface area (Å²) in [6, 6.07) is 0. The molecule has 0 fully saturated rings. The molecule has 0 saturated carbocycles. The van der Waals surface area contributed by atoms with E-state index in [1.807, 2.05) is 0 Å². The molecule has 4 nitrogen and oxygen atoms in total. The predicted molar refractivity (Wildman–Crippen MR) is 38.6 cm³/mol. The Hall–Kier alpha value is -0.870. The number of carbonyl (C=O) groups excluding carboxylic acids is 1. The second-order valence-electron chi connectivity index (χ2n) is 2.05. The van der Waals surface area contributed by atoms with Crippen molar-refractivity contribution in [3.63, 3.8) is 0 Å². The zero-order chi connectivity index (χ0) is 8.69. The summed E-state index contributed by atoms with van der Waals surface area (Å²) >= 11 is 0. The van der Waals surface area contributed by atoms with Gasteiger partial charge >= 0.3 is 5.97 Å². The van der Waals surface area contributed by atoms with Crippen molar-refractivity contribution in [1.29, 1.82) is 0 Å². The molecule has 0 heterocycles. The van der Waals surface area contributed by atoms with Crippen LogP contribution in [0, 0.1) is 0 Å². The molecule has 0 atom stereocenters. The second-order valence-corrected chi connectivity index (χ2v) is 2.05. The number of carbonyl (C=O) groups is 1. The standard InChI is InChI=1S/C7H12O4/c1-6(2)7(9)11-10-5-3-4-8/h8H,1,3-5H2,2H3. The molecule has 64 valence electrons. The van der Waals surface area contributed by atoms with Gasteiger partial charge in [0.1, 0.15) is 0 Å². The van der Waals surface area contributed by atoms with Crippen LogP contribution < -0.4 is 0 Å². The average Bonchev–Trinajstić information content (AvgIpc) is 1.97. The van der Waals surface area contributed by atoms with Crippen LogP contribution in [0.1, 0.15) is 13.3 Å². The Morgan fingerprint density at radius 1 is 1.64 bits per heavy atom. The number of hydrogen-bond donors (Lipinski definition) is 1. The van der Waals surface area contributed by atoms with E-state index >= 15 is 0 Å². The molecule has 0 aliphatic rings. The molecule has 11 heavy (non-hydrogen) atoms. The van der Waals surface area contributed by atoms with E-state index in [-0.39, 0.29) is 18.8 Å².